The number of aryl methyl sites for hydroxylation is 1. The van der Waals surface area contributed by atoms with Gasteiger partial charge < -0.3 is 14.8 Å². The zero-order valence-electron chi connectivity index (χ0n) is 13.1. The van der Waals surface area contributed by atoms with Crippen molar-refractivity contribution in [3.63, 3.8) is 0 Å². The number of halogens is 4. The van der Waals surface area contributed by atoms with E-state index in [9.17, 15) is 22.4 Å². The molecule has 2 aromatic carbocycles. The molecule has 8 heteroatoms. The first-order valence-electron chi connectivity index (χ1n) is 7.20. The Kier molecular flexibility index (Phi) is 5.84. The van der Waals surface area contributed by atoms with Crippen molar-refractivity contribution in [2.75, 3.05) is 11.9 Å². The molecule has 134 valence electrons. The van der Waals surface area contributed by atoms with E-state index in [0.717, 1.165) is 17.7 Å². The molecular formula is C17H15F4NO3. The topological polar surface area (TPSA) is 47.6 Å². The second-order valence-corrected chi connectivity index (χ2v) is 5.14. The minimum Gasteiger partial charge on any atom is -0.484 e. The molecule has 0 radical (unpaired) electrons. The number of carbonyl (C=O) groups excluding carboxylic acids is 1. The molecule has 0 atom stereocenters. The van der Waals surface area contributed by atoms with Crippen LogP contribution < -0.4 is 14.8 Å². The summed E-state index contributed by atoms with van der Waals surface area (Å²) in [5.41, 5.74) is 1.61. The number of rotatable bonds is 7. The van der Waals surface area contributed by atoms with E-state index in [1.54, 1.807) is 12.1 Å². The molecule has 0 aliphatic rings. The van der Waals surface area contributed by atoms with Gasteiger partial charge in [0.1, 0.15) is 11.5 Å². The highest BCUT2D eigenvalue weighted by atomic mass is 19.3. The van der Waals surface area contributed by atoms with Gasteiger partial charge in [0.2, 0.25) is 0 Å². The first kappa shape index (κ1) is 18.6. The molecule has 0 unspecified atom stereocenters. The molecule has 0 bridgehead atoms. The summed E-state index contributed by atoms with van der Waals surface area (Å²) in [6.07, 6.45) is -8.57. The lowest BCUT2D eigenvalue weighted by molar-refractivity contribution is -0.253. The number of amides is 1. The van der Waals surface area contributed by atoms with Gasteiger partial charge in [-0.1, -0.05) is 23.8 Å². The summed E-state index contributed by atoms with van der Waals surface area (Å²) in [6, 6.07) is 11.8. The van der Waals surface area contributed by atoms with Crippen molar-refractivity contribution in [1.82, 2.24) is 0 Å². The molecule has 2 rings (SSSR count). The summed E-state index contributed by atoms with van der Waals surface area (Å²) in [7, 11) is 0. The Morgan fingerprint density at radius 1 is 1.12 bits per heavy atom. The van der Waals surface area contributed by atoms with E-state index < -0.39 is 24.2 Å². The van der Waals surface area contributed by atoms with Crippen LogP contribution in [0.5, 0.6) is 11.5 Å². The second kappa shape index (κ2) is 7.87. The normalized spacial score (nSPS) is 11.3. The Labute approximate surface area is 141 Å². The van der Waals surface area contributed by atoms with Crippen molar-refractivity contribution in [3.8, 4) is 11.5 Å². The Morgan fingerprint density at radius 3 is 2.40 bits per heavy atom. The quantitative estimate of drug-likeness (QED) is 0.754. The smallest absolute Gasteiger partial charge is 0.461 e. The number of nitrogens with one attached hydrogen (secondary N) is 1. The van der Waals surface area contributed by atoms with Crippen molar-refractivity contribution in [2.45, 2.75) is 19.5 Å². The molecule has 0 aliphatic heterocycles. The monoisotopic (exact) mass is 357 g/mol. The third-order valence-electron chi connectivity index (χ3n) is 3.02. The Balaban J connectivity index is 1.91. The summed E-state index contributed by atoms with van der Waals surface area (Å²) in [6.45, 7) is 1.52. The van der Waals surface area contributed by atoms with Gasteiger partial charge in [0.25, 0.3) is 5.91 Å². The standard InChI is InChI=1S/C17H15F4NO3/c1-11-5-7-12(8-6-11)22-15(23)10-24-13-3-2-4-14(9-13)25-17(20,21)16(18)19/h2-9,16H,10H2,1H3,(H,22,23). The fourth-order valence-electron chi connectivity index (χ4n) is 1.81. The molecule has 25 heavy (non-hydrogen) atoms. The lowest BCUT2D eigenvalue weighted by Gasteiger charge is -2.17. The molecule has 2 aromatic rings. The van der Waals surface area contributed by atoms with Crippen LogP contribution in [0.2, 0.25) is 0 Å². The van der Waals surface area contributed by atoms with Crippen molar-refractivity contribution in [1.29, 1.82) is 0 Å². The van der Waals surface area contributed by atoms with E-state index in [1.165, 1.54) is 12.1 Å². The van der Waals surface area contributed by atoms with Crippen molar-refractivity contribution >= 4 is 11.6 Å². The van der Waals surface area contributed by atoms with E-state index in [2.05, 4.69) is 10.1 Å². The van der Waals surface area contributed by atoms with Crippen molar-refractivity contribution in [2.24, 2.45) is 0 Å². The zero-order valence-corrected chi connectivity index (χ0v) is 13.1. The van der Waals surface area contributed by atoms with E-state index in [-0.39, 0.29) is 12.4 Å². The van der Waals surface area contributed by atoms with Crippen LogP contribution in [0.25, 0.3) is 0 Å². The Hall–Kier alpha value is -2.77. The summed E-state index contributed by atoms with van der Waals surface area (Å²) in [5, 5.41) is 2.59. The van der Waals surface area contributed by atoms with Gasteiger partial charge in [-0.15, -0.1) is 0 Å². The molecule has 0 heterocycles. The Morgan fingerprint density at radius 2 is 1.76 bits per heavy atom. The number of carbonyl (C=O) groups is 1. The molecule has 0 aromatic heterocycles. The van der Waals surface area contributed by atoms with Crippen LogP contribution in [0.15, 0.2) is 48.5 Å². The fraction of sp³-hybridized carbons (Fsp3) is 0.235. The predicted molar refractivity (Wildman–Crippen MR) is 83.3 cm³/mol. The molecule has 0 fully saturated rings. The van der Waals surface area contributed by atoms with Gasteiger partial charge in [0, 0.05) is 11.8 Å². The van der Waals surface area contributed by atoms with Gasteiger partial charge in [0.15, 0.2) is 6.61 Å². The Bertz CT molecular complexity index is 720. The first-order valence-corrected chi connectivity index (χ1v) is 7.20. The first-order chi connectivity index (χ1) is 11.8. The van der Waals surface area contributed by atoms with Gasteiger partial charge >= 0.3 is 12.5 Å². The van der Waals surface area contributed by atoms with E-state index in [0.29, 0.717) is 5.69 Å². The van der Waals surface area contributed by atoms with Gasteiger partial charge in [-0.3, -0.25) is 4.79 Å². The predicted octanol–water partition coefficient (Wildman–Crippen LogP) is 4.25. The average molecular weight is 357 g/mol. The van der Waals surface area contributed by atoms with Gasteiger partial charge in [0.05, 0.1) is 0 Å². The summed E-state index contributed by atoms with van der Waals surface area (Å²) >= 11 is 0. The number of ether oxygens (including phenoxy) is 2. The SMILES string of the molecule is Cc1ccc(NC(=O)COc2cccc(OC(F)(F)C(F)F)c2)cc1. The van der Waals surface area contributed by atoms with E-state index in [4.69, 9.17) is 4.74 Å². The third kappa shape index (κ3) is 5.66. The minimum absolute atomic E-state index is 0.0293. The van der Waals surface area contributed by atoms with Crippen LogP contribution in [0.3, 0.4) is 0 Å². The maximum Gasteiger partial charge on any atom is 0.461 e. The molecule has 0 spiro atoms. The lowest BCUT2D eigenvalue weighted by atomic mass is 10.2. The molecular weight excluding hydrogens is 342 g/mol. The van der Waals surface area contributed by atoms with Crippen LogP contribution in [-0.4, -0.2) is 25.0 Å². The number of anilines is 1. The van der Waals surface area contributed by atoms with Crippen LogP contribution in [-0.2, 0) is 4.79 Å². The van der Waals surface area contributed by atoms with Gasteiger partial charge in [-0.25, -0.2) is 0 Å². The summed E-state index contributed by atoms with van der Waals surface area (Å²) < 4.78 is 59.1. The van der Waals surface area contributed by atoms with Crippen molar-refractivity contribution in [3.05, 3.63) is 54.1 Å². The highest BCUT2D eigenvalue weighted by Gasteiger charge is 2.44. The largest absolute Gasteiger partial charge is 0.484 e. The molecule has 0 saturated heterocycles. The molecule has 0 aliphatic carbocycles. The molecule has 1 amide bonds. The van der Waals surface area contributed by atoms with E-state index >= 15 is 0 Å². The summed E-state index contributed by atoms with van der Waals surface area (Å²) in [4.78, 5) is 11.8. The number of hydrogen-bond acceptors (Lipinski definition) is 3. The maximum atomic E-state index is 12.9. The molecule has 1 N–H and O–H groups in total. The summed E-state index contributed by atoms with van der Waals surface area (Å²) in [5.74, 6) is -0.934. The second-order valence-electron chi connectivity index (χ2n) is 5.14. The number of hydrogen-bond donors (Lipinski definition) is 1. The lowest BCUT2D eigenvalue weighted by Crippen LogP contribution is -2.33. The van der Waals surface area contributed by atoms with Crippen LogP contribution in [0.1, 0.15) is 5.56 Å². The van der Waals surface area contributed by atoms with Crippen LogP contribution in [0.4, 0.5) is 23.2 Å². The zero-order chi connectivity index (χ0) is 18.4. The van der Waals surface area contributed by atoms with Crippen LogP contribution in [0, 0.1) is 6.92 Å². The van der Waals surface area contributed by atoms with Gasteiger partial charge in [-0.05, 0) is 31.2 Å². The number of alkyl halides is 4. The average Bonchev–Trinajstić information content (AvgIpc) is 2.55. The van der Waals surface area contributed by atoms with Crippen molar-refractivity contribution < 1.29 is 31.8 Å². The molecule has 4 nitrogen and oxygen atoms in total. The fourth-order valence-corrected chi connectivity index (χ4v) is 1.81. The third-order valence-corrected chi connectivity index (χ3v) is 3.02. The van der Waals surface area contributed by atoms with Gasteiger partial charge in [-0.2, -0.15) is 17.6 Å². The minimum atomic E-state index is -4.61. The number of benzene rings is 2. The highest BCUT2D eigenvalue weighted by Crippen LogP contribution is 2.29. The molecule has 0 saturated carbocycles. The van der Waals surface area contributed by atoms with E-state index in [1.807, 2.05) is 19.1 Å². The maximum absolute atomic E-state index is 12.9. The highest BCUT2D eigenvalue weighted by molar-refractivity contribution is 5.91. The van der Waals surface area contributed by atoms with Crippen LogP contribution >= 0.6 is 0 Å².